The van der Waals surface area contributed by atoms with Crippen LogP contribution in [0.15, 0.2) is 12.2 Å². The quantitative estimate of drug-likeness (QED) is 0.571. The van der Waals surface area contributed by atoms with Gasteiger partial charge in [0.05, 0.1) is 5.60 Å². The number of hydrogen-bond donors (Lipinski definition) is 1. The van der Waals surface area contributed by atoms with Crippen LogP contribution in [0.5, 0.6) is 0 Å². The maximum Gasteiger partial charge on any atom is 0.0876 e. The molecule has 1 unspecified atom stereocenters. The van der Waals surface area contributed by atoms with E-state index >= 15 is 0 Å². The molecule has 13 heavy (non-hydrogen) atoms. The van der Waals surface area contributed by atoms with Crippen LogP contribution in [0.1, 0.15) is 47.5 Å². The average Bonchev–Trinajstić information content (AvgIpc) is 1.94. The Morgan fingerprint density at radius 1 is 1.08 bits per heavy atom. The van der Waals surface area contributed by atoms with Crippen LogP contribution in [0.4, 0.5) is 0 Å². The van der Waals surface area contributed by atoms with Gasteiger partial charge in [0.15, 0.2) is 0 Å². The Morgan fingerprint density at radius 2 is 1.62 bits per heavy atom. The van der Waals surface area contributed by atoms with Crippen molar-refractivity contribution in [3.8, 4) is 0 Å². The molecule has 0 aromatic rings. The molecule has 0 saturated carbocycles. The summed E-state index contributed by atoms with van der Waals surface area (Å²) >= 11 is 0. The van der Waals surface area contributed by atoms with Crippen molar-refractivity contribution >= 4 is 0 Å². The molecule has 0 bridgehead atoms. The van der Waals surface area contributed by atoms with Crippen molar-refractivity contribution in [2.45, 2.75) is 53.1 Å². The molecule has 0 aromatic carbocycles. The Kier molecular flexibility index (Phi) is 2.36. The number of aliphatic hydroxyl groups is 1. The standard InChI is InChI=1S/C12H22O/c1-10(2,3)12(13)8-6-11(4,5)7-9-12/h6,8,13H,7,9H2,1-5H3. The second-order valence-electron chi connectivity index (χ2n) is 6.00. The minimum absolute atomic E-state index is 0.0556. The van der Waals surface area contributed by atoms with Gasteiger partial charge in [-0.25, -0.2) is 0 Å². The molecule has 1 aliphatic rings. The van der Waals surface area contributed by atoms with E-state index in [-0.39, 0.29) is 10.8 Å². The second-order valence-corrected chi connectivity index (χ2v) is 6.00. The number of allylic oxidation sites excluding steroid dienone is 1. The highest BCUT2D eigenvalue weighted by Crippen LogP contribution is 2.43. The van der Waals surface area contributed by atoms with Crippen LogP contribution in [0.3, 0.4) is 0 Å². The zero-order valence-electron chi connectivity index (χ0n) is 9.52. The van der Waals surface area contributed by atoms with Crippen LogP contribution in [-0.2, 0) is 0 Å². The van der Waals surface area contributed by atoms with E-state index in [1.165, 1.54) is 0 Å². The largest absolute Gasteiger partial charge is 0.385 e. The summed E-state index contributed by atoms with van der Waals surface area (Å²) in [7, 11) is 0. The molecule has 1 rings (SSSR count). The lowest BCUT2D eigenvalue weighted by Gasteiger charge is -2.43. The molecule has 0 aromatic heterocycles. The van der Waals surface area contributed by atoms with Gasteiger partial charge in [0.25, 0.3) is 0 Å². The first-order valence-electron chi connectivity index (χ1n) is 5.09. The van der Waals surface area contributed by atoms with Crippen molar-refractivity contribution in [3.63, 3.8) is 0 Å². The van der Waals surface area contributed by atoms with Crippen molar-refractivity contribution in [2.24, 2.45) is 10.8 Å². The fourth-order valence-corrected chi connectivity index (χ4v) is 1.67. The van der Waals surface area contributed by atoms with Crippen molar-refractivity contribution in [2.75, 3.05) is 0 Å². The number of hydrogen-bond acceptors (Lipinski definition) is 1. The average molecular weight is 182 g/mol. The Morgan fingerprint density at radius 3 is 1.92 bits per heavy atom. The van der Waals surface area contributed by atoms with Gasteiger partial charge in [0.2, 0.25) is 0 Å². The molecule has 0 saturated heterocycles. The molecular weight excluding hydrogens is 160 g/mol. The highest BCUT2D eigenvalue weighted by Gasteiger charge is 2.41. The first-order chi connectivity index (χ1) is 5.66. The summed E-state index contributed by atoms with van der Waals surface area (Å²) < 4.78 is 0. The van der Waals surface area contributed by atoms with Crippen molar-refractivity contribution in [3.05, 3.63) is 12.2 Å². The molecule has 1 aliphatic carbocycles. The smallest absolute Gasteiger partial charge is 0.0876 e. The van der Waals surface area contributed by atoms with Crippen molar-refractivity contribution in [1.29, 1.82) is 0 Å². The molecular formula is C12H22O. The van der Waals surface area contributed by atoms with E-state index in [9.17, 15) is 5.11 Å². The summed E-state index contributed by atoms with van der Waals surface area (Å²) in [6, 6.07) is 0. The Hall–Kier alpha value is -0.300. The lowest BCUT2D eigenvalue weighted by Crippen LogP contribution is -2.43. The number of rotatable bonds is 0. The van der Waals surface area contributed by atoms with Crippen LogP contribution in [-0.4, -0.2) is 10.7 Å². The summed E-state index contributed by atoms with van der Waals surface area (Å²) in [4.78, 5) is 0. The van der Waals surface area contributed by atoms with E-state index in [1.807, 2.05) is 6.08 Å². The lowest BCUT2D eigenvalue weighted by atomic mass is 9.67. The SMILES string of the molecule is CC1(C)C=CC(O)(C(C)(C)C)CC1. The Labute approximate surface area is 81.9 Å². The van der Waals surface area contributed by atoms with Gasteiger partial charge < -0.3 is 5.11 Å². The fraction of sp³-hybridized carbons (Fsp3) is 0.833. The third-order valence-electron chi connectivity index (χ3n) is 3.26. The van der Waals surface area contributed by atoms with Gasteiger partial charge in [-0.1, -0.05) is 46.8 Å². The highest BCUT2D eigenvalue weighted by molar-refractivity contribution is 5.14. The molecule has 0 amide bonds. The van der Waals surface area contributed by atoms with E-state index in [0.717, 1.165) is 12.8 Å². The minimum Gasteiger partial charge on any atom is -0.385 e. The van der Waals surface area contributed by atoms with Gasteiger partial charge in [-0.3, -0.25) is 0 Å². The van der Waals surface area contributed by atoms with E-state index in [4.69, 9.17) is 0 Å². The molecule has 0 spiro atoms. The van der Waals surface area contributed by atoms with E-state index in [0.29, 0.717) is 0 Å². The monoisotopic (exact) mass is 182 g/mol. The maximum atomic E-state index is 10.4. The van der Waals surface area contributed by atoms with Crippen molar-refractivity contribution in [1.82, 2.24) is 0 Å². The summed E-state index contributed by atoms with van der Waals surface area (Å²) in [5.74, 6) is 0. The minimum atomic E-state index is -0.609. The van der Waals surface area contributed by atoms with Crippen LogP contribution >= 0.6 is 0 Å². The van der Waals surface area contributed by atoms with E-state index in [1.54, 1.807) is 0 Å². The molecule has 0 heterocycles. The van der Waals surface area contributed by atoms with Crippen LogP contribution < -0.4 is 0 Å². The molecule has 0 radical (unpaired) electrons. The van der Waals surface area contributed by atoms with E-state index in [2.05, 4.69) is 40.7 Å². The van der Waals surface area contributed by atoms with Crippen LogP contribution in [0.25, 0.3) is 0 Å². The summed E-state index contributed by atoms with van der Waals surface area (Å²) in [6.45, 7) is 10.7. The molecule has 1 nitrogen and oxygen atoms in total. The molecule has 76 valence electrons. The van der Waals surface area contributed by atoms with Crippen LogP contribution in [0, 0.1) is 10.8 Å². The van der Waals surface area contributed by atoms with Crippen LogP contribution in [0.2, 0.25) is 0 Å². The zero-order valence-corrected chi connectivity index (χ0v) is 9.52. The van der Waals surface area contributed by atoms with Gasteiger partial charge in [-0.2, -0.15) is 0 Å². The third kappa shape index (κ3) is 2.14. The molecule has 1 heteroatoms. The van der Waals surface area contributed by atoms with Gasteiger partial charge in [0.1, 0.15) is 0 Å². The second kappa shape index (κ2) is 2.84. The molecule has 1 N–H and O–H groups in total. The molecule has 0 aliphatic heterocycles. The predicted molar refractivity (Wildman–Crippen MR) is 56.6 cm³/mol. The predicted octanol–water partition coefficient (Wildman–Crippen LogP) is 3.14. The molecule has 0 fully saturated rings. The fourth-order valence-electron chi connectivity index (χ4n) is 1.67. The third-order valence-corrected chi connectivity index (χ3v) is 3.26. The van der Waals surface area contributed by atoms with Gasteiger partial charge >= 0.3 is 0 Å². The Balaban J connectivity index is 2.88. The first-order valence-corrected chi connectivity index (χ1v) is 5.09. The first kappa shape index (κ1) is 10.8. The summed E-state index contributed by atoms with van der Waals surface area (Å²) in [5, 5.41) is 10.4. The molecule has 1 atom stereocenters. The normalized spacial score (nSPS) is 33.4. The summed E-state index contributed by atoms with van der Waals surface area (Å²) in [6.07, 6.45) is 6.09. The maximum absolute atomic E-state index is 10.4. The lowest BCUT2D eigenvalue weighted by molar-refractivity contribution is -0.0339. The highest BCUT2D eigenvalue weighted by atomic mass is 16.3. The summed E-state index contributed by atoms with van der Waals surface area (Å²) in [5.41, 5.74) is -0.403. The van der Waals surface area contributed by atoms with Crippen molar-refractivity contribution < 1.29 is 5.11 Å². The topological polar surface area (TPSA) is 20.2 Å². The van der Waals surface area contributed by atoms with Gasteiger partial charge in [-0.05, 0) is 23.7 Å². The van der Waals surface area contributed by atoms with Gasteiger partial charge in [-0.15, -0.1) is 0 Å². The zero-order chi connectivity index (χ0) is 10.3. The Bertz CT molecular complexity index is 220. The van der Waals surface area contributed by atoms with E-state index < -0.39 is 5.60 Å². The van der Waals surface area contributed by atoms with Gasteiger partial charge in [0, 0.05) is 0 Å².